The molecule has 20 heavy (non-hydrogen) atoms. The summed E-state index contributed by atoms with van der Waals surface area (Å²) in [5.41, 5.74) is 3.38. The van der Waals surface area contributed by atoms with Crippen LogP contribution in [0.3, 0.4) is 0 Å². The minimum atomic E-state index is -1.27. The number of aliphatic hydroxyl groups excluding tert-OH is 1. The van der Waals surface area contributed by atoms with Crippen molar-refractivity contribution in [1.29, 1.82) is 0 Å². The lowest BCUT2D eigenvalue weighted by Crippen LogP contribution is -2.25. The first-order valence-electron chi connectivity index (χ1n) is 6.02. The van der Waals surface area contributed by atoms with E-state index in [0.29, 0.717) is 11.1 Å². The second-order valence-electron chi connectivity index (χ2n) is 4.14. The van der Waals surface area contributed by atoms with Crippen LogP contribution in [0.15, 0.2) is 59.7 Å². The molecule has 0 saturated carbocycles. The number of carbonyl (C=O) groups is 1. The lowest BCUT2D eigenvalue weighted by molar-refractivity contribution is -0.129. The summed E-state index contributed by atoms with van der Waals surface area (Å²) in [5, 5.41) is 22.8. The van der Waals surface area contributed by atoms with E-state index in [0.717, 1.165) is 0 Å². The van der Waals surface area contributed by atoms with E-state index in [2.05, 4.69) is 10.5 Å². The third kappa shape index (κ3) is 3.66. The average molecular weight is 270 g/mol. The van der Waals surface area contributed by atoms with Crippen LogP contribution in [0.2, 0.25) is 0 Å². The van der Waals surface area contributed by atoms with Crippen LogP contribution >= 0.6 is 0 Å². The molecule has 5 heteroatoms. The third-order valence-electron chi connectivity index (χ3n) is 2.62. The number of rotatable bonds is 4. The highest BCUT2D eigenvalue weighted by molar-refractivity contribution is 5.85. The fourth-order valence-corrected chi connectivity index (χ4v) is 1.62. The Labute approximate surface area is 116 Å². The molecule has 5 nitrogen and oxygen atoms in total. The van der Waals surface area contributed by atoms with Gasteiger partial charge in [-0.2, -0.15) is 5.10 Å². The molecule has 2 aromatic carbocycles. The second-order valence-corrected chi connectivity index (χ2v) is 4.14. The van der Waals surface area contributed by atoms with Gasteiger partial charge in [0.05, 0.1) is 6.21 Å². The Morgan fingerprint density at radius 3 is 2.60 bits per heavy atom. The quantitative estimate of drug-likeness (QED) is 0.582. The van der Waals surface area contributed by atoms with E-state index >= 15 is 0 Å². The Bertz CT molecular complexity index is 612. The van der Waals surface area contributed by atoms with Crippen molar-refractivity contribution in [2.24, 2.45) is 5.10 Å². The lowest BCUT2D eigenvalue weighted by atomic mass is 10.1. The van der Waals surface area contributed by atoms with Gasteiger partial charge in [-0.15, -0.1) is 0 Å². The maximum Gasteiger partial charge on any atom is 0.273 e. The summed E-state index contributed by atoms with van der Waals surface area (Å²) in [5.74, 6) is -0.503. The number of nitrogens with one attached hydrogen (secondary N) is 1. The number of aromatic hydroxyl groups is 1. The van der Waals surface area contributed by atoms with Crippen molar-refractivity contribution in [3.63, 3.8) is 0 Å². The summed E-state index contributed by atoms with van der Waals surface area (Å²) in [6.07, 6.45) is 0.118. The zero-order valence-corrected chi connectivity index (χ0v) is 10.6. The zero-order valence-electron chi connectivity index (χ0n) is 10.6. The van der Waals surface area contributed by atoms with Gasteiger partial charge in [-0.3, -0.25) is 4.79 Å². The Morgan fingerprint density at radius 2 is 1.90 bits per heavy atom. The number of amides is 1. The van der Waals surface area contributed by atoms with Crippen LogP contribution in [-0.2, 0) is 4.79 Å². The number of nitrogens with zero attached hydrogens (tertiary/aromatic N) is 1. The summed E-state index contributed by atoms with van der Waals surface area (Å²) in [7, 11) is 0. The van der Waals surface area contributed by atoms with E-state index in [4.69, 9.17) is 0 Å². The average Bonchev–Trinajstić information content (AvgIpc) is 2.47. The molecule has 0 fully saturated rings. The van der Waals surface area contributed by atoms with Crippen LogP contribution in [0.5, 0.6) is 5.75 Å². The van der Waals surface area contributed by atoms with Crippen molar-refractivity contribution in [3.8, 4) is 5.75 Å². The van der Waals surface area contributed by atoms with Crippen molar-refractivity contribution in [2.75, 3.05) is 0 Å². The summed E-state index contributed by atoms with van der Waals surface area (Å²) >= 11 is 0. The van der Waals surface area contributed by atoms with Gasteiger partial charge in [0.2, 0.25) is 0 Å². The highest BCUT2D eigenvalue weighted by Gasteiger charge is 2.15. The molecule has 0 aliphatic carbocycles. The molecule has 0 bridgehead atoms. The third-order valence-corrected chi connectivity index (χ3v) is 2.62. The number of phenolic OH excluding ortho intramolecular Hbond substituents is 1. The summed E-state index contributed by atoms with van der Waals surface area (Å²) in [4.78, 5) is 11.7. The first-order chi connectivity index (χ1) is 9.66. The Kier molecular flexibility index (Phi) is 4.47. The van der Waals surface area contributed by atoms with Crippen molar-refractivity contribution >= 4 is 12.1 Å². The normalized spacial score (nSPS) is 12.2. The number of hydrogen-bond donors (Lipinski definition) is 3. The van der Waals surface area contributed by atoms with Gasteiger partial charge in [0.15, 0.2) is 6.10 Å². The number of benzene rings is 2. The van der Waals surface area contributed by atoms with Gasteiger partial charge in [-0.05, 0) is 23.3 Å². The minimum Gasteiger partial charge on any atom is -0.508 e. The monoisotopic (exact) mass is 270 g/mol. The van der Waals surface area contributed by atoms with E-state index in [-0.39, 0.29) is 5.75 Å². The molecule has 0 unspecified atom stereocenters. The molecule has 0 aliphatic heterocycles. The number of aliphatic hydroxyl groups is 1. The Hall–Kier alpha value is -2.66. The van der Waals surface area contributed by atoms with Gasteiger partial charge in [0.25, 0.3) is 5.91 Å². The molecule has 1 atom stereocenters. The van der Waals surface area contributed by atoms with Crippen molar-refractivity contribution in [1.82, 2.24) is 5.43 Å². The molecule has 0 radical (unpaired) electrons. The first kappa shape index (κ1) is 13.8. The van der Waals surface area contributed by atoms with Gasteiger partial charge in [-0.25, -0.2) is 5.43 Å². The SMILES string of the molecule is O=C(N/N=C\c1cccc(O)c1)[C@H](O)c1ccccc1. The predicted octanol–water partition coefficient (Wildman–Crippen LogP) is 1.58. The molecule has 3 N–H and O–H groups in total. The Morgan fingerprint density at radius 1 is 1.15 bits per heavy atom. The molecule has 102 valence electrons. The maximum atomic E-state index is 11.7. The fourth-order valence-electron chi connectivity index (χ4n) is 1.62. The topological polar surface area (TPSA) is 81.9 Å². The molecule has 0 saturated heterocycles. The number of carbonyl (C=O) groups excluding carboxylic acids is 1. The second kappa shape index (κ2) is 6.49. The smallest absolute Gasteiger partial charge is 0.273 e. The number of hydrazone groups is 1. The van der Waals surface area contributed by atoms with Crippen LogP contribution in [0.4, 0.5) is 0 Å². The molecule has 0 aromatic heterocycles. The summed E-state index contributed by atoms with van der Waals surface area (Å²) in [6, 6.07) is 15.0. The molecule has 0 aliphatic rings. The number of phenols is 1. The van der Waals surface area contributed by atoms with Crippen LogP contribution in [0.1, 0.15) is 17.2 Å². The van der Waals surface area contributed by atoms with E-state index in [9.17, 15) is 15.0 Å². The molecule has 0 heterocycles. The molecule has 2 aromatic rings. The van der Waals surface area contributed by atoms with Crippen LogP contribution < -0.4 is 5.43 Å². The lowest BCUT2D eigenvalue weighted by Gasteiger charge is -2.08. The van der Waals surface area contributed by atoms with Gasteiger partial charge in [0, 0.05) is 0 Å². The van der Waals surface area contributed by atoms with Crippen molar-refractivity contribution in [3.05, 3.63) is 65.7 Å². The van der Waals surface area contributed by atoms with E-state index in [1.165, 1.54) is 18.3 Å². The molecule has 2 rings (SSSR count). The van der Waals surface area contributed by atoms with Crippen LogP contribution in [0, 0.1) is 0 Å². The molecular weight excluding hydrogens is 256 g/mol. The summed E-state index contributed by atoms with van der Waals surface area (Å²) < 4.78 is 0. The van der Waals surface area contributed by atoms with Crippen LogP contribution in [0.25, 0.3) is 0 Å². The zero-order chi connectivity index (χ0) is 14.4. The van der Waals surface area contributed by atoms with E-state index < -0.39 is 12.0 Å². The van der Waals surface area contributed by atoms with Gasteiger partial charge < -0.3 is 10.2 Å². The predicted molar refractivity (Wildman–Crippen MR) is 75.2 cm³/mol. The standard InChI is InChI=1S/C15H14N2O3/c18-13-8-4-5-11(9-13)10-16-17-15(20)14(19)12-6-2-1-3-7-12/h1-10,14,18-19H,(H,17,20)/b16-10-/t14-/m1/s1. The minimum absolute atomic E-state index is 0.115. The van der Waals surface area contributed by atoms with Gasteiger partial charge >= 0.3 is 0 Å². The maximum absolute atomic E-state index is 11.7. The van der Waals surface area contributed by atoms with Crippen molar-refractivity contribution in [2.45, 2.75) is 6.10 Å². The molecule has 0 spiro atoms. The van der Waals surface area contributed by atoms with E-state index in [1.807, 2.05) is 0 Å². The highest BCUT2D eigenvalue weighted by atomic mass is 16.3. The van der Waals surface area contributed by atoms with Crippen LogP contribution in [-0.4, -0.2) is 22.3 Å². The first-order valence-corrected chi connectivity index (χ1v) is 6.02. The van der Waals surface area contributed by atoms with Crippen molar-refractivity contribution < 1.29 is 15.0 Å². The van der Waals surface area contributed by atoms with Gasteiger partial charge in [0.1, 0.15) is 5.75 Å². The van der Waals surface area contributed by atoms with Gasteiger partial charge in [-0.1, -0.05) is 42.5 Å². The highest BCUT2D eigenvalue weighted by Crippen LogP contribution is 2.12. The Balaban J connectivity index is 1.95. The summed E-state index contributed by atoms with van der Waals surface area (Å²) in [6.45, 7) is 0. The molecule has 1 amide bonds. The largest absolute Gasteiger partial charge is 0.508 e. The number of hydrogen-bond acceptors (Lipinski definition) is 4. The van der Waals surface area contributed by atoms with E-state index in [1.54, 1.807) is 42.5 Å². The fraction of sp³-hybridized carbons (Fsp3) is 0.0667. The molecular formula is C15H14N2O3.